The number of piperidine rings is 1. The van der Waals surface area contributed by atoms with Crippen molar-refractivity contribution in [2.75, 3.05) is 11.9 Å². The molecule has 1 aliphatic heterocycles. The molecule has 2 rings (SSSR count). The molecule has 0 bridgehead atoms. The number of hydrogen-bond acceptors (Lipinski definition) is 2. The minimum absolute atomic E-state index is 0.0802. The van der Waals surface area contributed by atoms with Crippen LogP contribution in [-0.2, 0) is 0 Å². The first-order valence-corrected chi connectivity index (χ1v) is 7.42. The molecule has 1 aromatic carbocycles. The summed E-state index contributed by atoms with van der Waals surface area (Å²) in [5.74, 6) is 0.288. The lowest BCUT2D eigenvalue weighted by atomic mass is 10.0. The second kappa shape index (κ2) is 5.74. The van der Waals surface area contributed by atoms with Crippen molar-refractivity contribution >= 4 is 21.8 Å². The fraction of sp³-hybridized carbons (Fsp3) is 0.500. The van der Waals surface area contributed by atoms with Gasteiger partial charge < -0.3 is 10.0 Å². The van der Waals surface area contributed by atoms with E-state index in [1.807, 2.05) is 11.8 Å². The number of benzene rings is 1. The molecule has 98 valence electrons. The van der Waals surface area contributed by atoms with E-state index in [2.05, 4.69) is 15.9 Å². The van der Waals surface area contributed by atoms with Crippen LogP contribution in [0.5, 0.6) is 5.75 Å². The Labute approximate surface area is 116 Å². The van der Waals surface area contributed by atoms with Crippen molar-refractivity contribution in [3.05, 3.63) is 29.3 Å². The lowest BCUT2D eigenvalue weighted by Crippen LogP contribution is -2.44. The molecule has 1 atom stereocenters. The smallest absolute Gasteiger partial charge is 0.254 e. The van der Waals surface area contributed by atoms with Gasteiger partial charge in [-0.25, -0.2) is 0 Å². The summed E-state index contributed by atoms with van der Waals surface area (Å²) in [7, 11) is 0. The number of nitrogens with zero attached hydrogens (tertiary/aromatic N) is 1. The van der Waals surface area contributed by atoms with Gasteiger partial charge in [0.25, 0.3) is 5.91 Å². The standard InChI is InChI=1S/C14H18BrNO2/c1-10-8-12(17)5-6-13(10)14(18)16-7-3-2-4-11(16)9-15/h5-6,8,11,17H,2-4,7,9H2,1H3. The van der Waals surface area contributed by atoms with Crippen LogP contribution < -0.4 is 0 Å². The highest BCUT2D eigenvalue weighted by atomic mass is 79.9. The molecule has 1 fully saturated rings. The van der Waals surface area contributed by atoms with Crippen LogP contribution in [0, 0.1) is 6.92 Å². The molecule has 3 nitrogen and oxygen atoms in total. The Hall–Kier alpha value is -1.03. The fourth-order valence-electron chi connectivity index (χ4n) is 2.47. The second-order valence-electron chi connectivity index (χ2n) is 4.80. The van der Waals surface area contributed by atoms with Crippen molar-refractivity contribution in [1.82, 2.24) is 4.90 Å². The highest BCUT2D eigenvalue weighted by Gasteiger charge is 2.27. The van der Waals surface area contributed by atoms with Crippen molar-refractivity contribution in [1.29, 1.82) is 0 Å². The minimum atomic E-state index is 0.0802. The van der Waals surface area contributed by atoms with Crippen molar-refractivity contribution in [3.8, 4) is 5.75 Å². The van der Waals surface area contributed by atoms with Crippen LogP contribution in [0.25, 0.3) is 0 Å². The SMILES string of the molecule is Cc1cc(O)ccc1C(=O)N1CCCCC1CBr. The van der Waals surface area contributed by atoms with Gasteiger partial charge in [0, 0.05) is 23.5 Å². The summed E-state index contributed by atoms with van der Waals surface area (Å²) >= 11 is 3.49. The van der Waals surface area contributed by atoms with Gasteiger partial charge in [-0.2, -0.15) is 0 Å². The van der Waals surface area contributed by atoms with E-state index in [9.17, 15) is 9.90 Å². The van der Waals surface area contributed by atoms with Gasteiger partial charge >= 0.3 is 0 Å². The van der Waals surface area contributed by atoms with Gasteiger partial charge in [0.2, 0.25) is 0 Å². The number of hydrogen-bond donors (Lipinski definition) is 1. The molecule has 1 aromatic rings. The Morgan fingerprint density at radius 2 is 2.28 bits per heavy atom. The molecule has 0 spiro atoms. The molecule has 1 unspecified atom stereocenters. The summed E-state index contributed by atoms with van der Waals surface area (Å²) in [4.78, 5) is 14.5. The third kappa shape index (κ3) is 2.69. The quantitative estimate of drug-likeness (QED) is 0.853. The molecule has 1 saturated heterocycles. The van der Waals surface area contributed by atoms with Crippen LogP contribution >= 0.6 is 15.9 Å². The topological polar surface area (TPSA) is 40.5 Å². The Morgan fingerprint density at radius 1 is 1.50 bits per heavy atom. The minimum Gasteiger partial charge on any atom is -0.508 e. The highest BCUT2D eigenvalue weighted by Crippen LogP contribution is 2.23. The zero-order valence-corrected chi connectivity index (χ0v) is 12.1. The number of phenols is 1. The molecular formula is C14H18BrNO2. The van der Waals surface area contributed by atoms with Crippen molar-refractivity contribution in [2.24, 2.45) is 0 Å². The molecule has 0 saturated carbocycles. The predicted octanol–water partition coefficient (Wildman–Crippen LogP) is 3.09. The Morgan fingerprint density at radius 3 is 2.94 bits per heavy atom. The number of aromatic hydroxyl groups is 1. The van der Waals surface area contributed by atoms with Crippen molar-refractivity contribution in [3.63, 3.8) is 0 Å². The predicted molar refractivity (Wildman–Crippen MR) is 75.3 cm³/mol. The molecule has 1 N–H and O–H groups in total. The molecular weight excluding hydrogens is 294 g/mol. The first kappa shape index (κ1) is 13.4. The van der Waals surface area contributed by atoms with Gasteiger partial charge in [-0.15, -0.1) is 0 Å². The molecule has 0 aliphatic carbocycles. The Kier molecular flexibility index (Phi) is 4.27. The van der Waals surface area contributed by atoms with Crippen LogP contribution in [0.2, 0.25) is 0 Å². The summed E-state index contributed by atoms with van der Waals surface area (Å²) in [5.41, 5.74) is 1.53. The number of aryl methyl sites for hydroxylation is 1. The number of amides is 1. The lowest BCUT2D eigenvalue weighted by Gasteiger charge is -2.35. The molecule has 4 heteroatoms. The summed E-state index contributed by atoms with van der Waals surface area (Å²) < 4.78 is 0. The number of rotatable bonds is 2. The number of halogens is 1. The van der Waals surface area contributed by atoms with Gasteiger partial charge in [0.05, 0.1) is 0 Å². The van der Waals surface area contributed by atoms with E-state index < -0.39 is 0 Å². The average Bonchev–Trinajstić information content (AvgIpc) is 2.38. The Bertz CT molecular complexity index is 447. The number of phenolic OH excluding ortho intramolecular Hbond substituents is 1. The van der Waals surface area contributed by atoms with Gasteiger partial charge in [0.15, 0.2) is 0 Å². The number of alkyl halides is 1. The normalized spacial score (nSPS) is 19.9. The summed E-state index contributed by atoms with van der Waals surface area (Å²) in [5, 5.41) is 10.2. The monoisotopic (exact) mass is 311 g/mol. The van der Waals surface area contributed by atoms with E-state index in [1.54, 1.807) is 18.2 Å². The number of carbonyl (C=O) groups excluding carboxylic acids is 1. The van der Waals surface area contributed by atoms with Crippen molar-refractivity contribution in [2.45, 2.75) is 32.2 Å². The maximum absolute atomic E-state index is 12.5. The Balaban J connectivity index is 2.24. The second-order valence-corrected chi connectivity index (χ2v) is 5.45. The van der Waals surface area contributed by atoms with E-state index in [4.69, 9.17) is 0 Å². The van der Waals surface area contributed by atoms with E-state index in [0.29, 0.717) is 11.6 Å². The summed E-state index contributed by atoms with van der Waals surface area (Å²) in [6, 6.07) is 5.22. The zero-order valence-electron chi connectivity index (χ0n) is 10.5. The molecule has 1 amide bonds. The van der Waals surface area contributed by atoms with E-state index >= 15 is 0 Å². The van der Waals surface area contributed by atoms with Crippen LogP contribution in [-0.4, -0.2) is 33.8 Å². The number of carbonyl (C=O) groups is 1. The maximum atomic E-state index is 12.5. The van der Waals surface area contributed by atoms with E-state index in [-0.39, 0.29) is 11.7 Å². The molecule has 0 radical (unpaired) electrons. The fourth-order valence-corrected chi connectivity index (χ4v) is 3.14. The van der Waals surface area contributed by atoms with Gasteiger partial charge in [0.1, 0.15) is 5.75 Å². The van der Waals surface area contributed by atoms with Crippen LogP contribution in [0.15, 0.2) is 18.2 Å². The maximum Gasteiger partial charge on any atom is 0.254 e. The lowest BCUT2D eigenvalue weighted by molar-refractivity contribution is 0.0641. The van der Waals surface area contributed by atoms with E-state index in [0.717, 1.165) is 30.3 Å². The average molecular weight is 312 g/mol. The van der Waals surface area contributed by atoms with Gasteiger partial charge in [-0.05, 0) is 49.9 Å². The third-order valence-corrected chi connectivity index (χ3v) is 4.25. The van der Waals surface area contributed by atoms with Gasteiger partial charge in [-0.1, -0.05) is 15.9 Å². The summed E-state index contributed by atoms with van der Waals surface area (Å²) in [6.07, 6.45) is 3.33. The largest absolute Gasteiger partial charge is 0.508 e. The molecule has 1 heterocycles. The van der Waals surface area contributed by atoms with Crippen LogP contribution in [0.3, 0.4) is 0 Å². The number of likely N-dealkylation sites (tertiary alicyclic amines) is 1. The van der Waals surface area contributed by atoms with Crippen molar-refractivity contribution < 1.29 is 9.90 Å². The van der Waals surface area contributed by atoms with Crippen LogP contribution in [0.1, 0.15) is 35.2 Å². The molecule has 18 heavy (non-hydrogen) atoms. The first-order valence-electron chi connectivity index (χ1n) is 6.30. The highest BCUT2D eigenvalue weighted by molar-refractivity contribution is 9.09. The zero-order chi connectivity index (χ0) is 13.1. The molecule has 0 aromatic heterocycles. The first-order chi connectivity index (χ1) is 8.63. The summed E-state index contributed by atoms with van der Waals surface area (Å²) in [6.45, 7) is 2.69. The van der Waals surface area contributed by atoms with E-state index in [1.165, 1.54) is 6.42 Å². The van der Waals surface area contributed by atoms with Gasteiger partial charge in [-0.3, -0.25) is 4.79 Å². The molecule has 1 aliphatic rings. The third-order valence-electron chi connectivity index (χ3n) is 3.51. The van der Waals surface area contributed by atoms with Crippen LogP contribution in [0.4, 0.5) is 0 Å².